The fraction of sp³-hybridized carbons (Fsp3) is 0.333. The largest absolute Gasteiger partial charge is 0.463 e. The van der Waals surface area contributed by atoms with Gasteiger partial charge < -0.3 is 14.8 Å². The number of carbonyl (C=O) groups excluding carboxylic acids is 2. The fourth-order valence-electron chi connectivity index (χ4n) is 4.13. The van der Waals surface area contributed by atoms with E-state index in [1.54, 1.807) is 20.8 Å². The molecule has 1 atom stereocenters. The normalized spacial score (nSPS) is 16.0. The van der Waals surface area contributed by atoms with Gasteiger partial charge in [-0.15, -0.1) is 11.8 Å². The van der Waals surface area contributed by atoms with Crippen LogP contribution in [0.5, 0.6) is 0 Å². The van der Waals surface area contributed by atoms with E-state index in [0.29, 0.717) is 11.4 Å². The van der Waals surface area contributed by atoms with Crippen LogP contribution in [0.1, 0.15) is 43.4 Å². The molecule has 36 heavy (non-hydrogen) atoms. The Kier molecular flexibility index (Phi) is 8.89. The zero-order chi connectivity index (χ0) is 26.5. The van der Waals surface area contributed by atoms with Crippen molar-refractivity contribution >= 4 is 23.7 Å². The average molecular weight is 520 g/mol. The van der Waals surface area contributed by atoms with Crippen LogP contribution in [0.4, 0.5) is 13.2 Å². The molecule has 1 aliphatic rings. The lowest BCUT2D eigenvalue weighted by molar-refractivity contribution is -0.142. The van der Waals surface area contributed by atoms with Crippen LogP contribution in [0.15, 0.2) is 76.0 Å². The number of nitrogens with one attached hydrogen (secondary N) is 1. The first kappa shape index (κ1) is 27.4. The lowest BCUT2D eigenvalue weighted by atomic mass is 9.78. The molecule has 0 amide bonds. The standard InChI is InChI=1S/C27H28F3NO4S/c1-5-34-25(32)22-17(4)31-20(15-36-21-14-10-7-11-16(21)3)24(26(33)35-6-2)23(22)18-12-8-9-13-19(18)27(28,29)30/h7-14,23,31H,5-6,15H2,1-4H3. The summed E-state index contributed by atoms with van der Waals surface area (Å²) in [6, 6.07) is 12.6. The lowest BCUT2D eigenvalue weighted by Gasteiger charge is -2.32. The van der Waals surface area contributed by atoms with Crippen LogP contribution in [0.25, 0.3) is 0 Å². The molecule has 5 nitrogen and oxygen atoms in total. The Labute approximate surface area is 212 Å². The summed E-state index contributed by atoms with van der Waals surface area (Å²) in [5.41, 5.74) is 0.493. The molecule has 0 fully saturated rings. The molecule has 1 heterocycles. The highest BCUT2D eigenvalue weighted by atomic mass is 32.2. The van der Waals surface area contributed by atoms with Gasteiger partial charge in [0.15, 0.2) is 0 Å². The lowest BCUT2D eigenvalue weighted by Crippen LogP contribution is -2.35. The van der Waals surface area contributed by atoms with Gasteiger partial charge in [0.1, 0.15) is 0 Å². The molecule has 0 spiro atoms. The topological polar surface area (TPSA) is 64.6 Å². The second-order valence-electron chi connectivity index (χ2n) is 8.07. The highest BCUT2D eigenvalue weighted by molar-refractivity contribution is 7.99. The van der Waals surface area contributed by atoms with Crippen LogP contribution in [-0.4, -0.2) is 30.9 Å². The molecule has 1 N–H and O–H groups in total. The third kappa shape index (κ3) is 5.95. The smallest absolute Gasteiger partial charge is 0.416 e. The van der Waals surface area contributed by atoms with Crippen molar-refractivity contribution in [1.82, 2.24) is 5.32 Å². The molecule has 2 aromatic rings. The van der Waals surface area contributed by atoms with Gasteiger partial charge in [-0.05, 0) is 51.0 Å². The van der Waals surface area contributed by atoms with Gasteiger partial charge >= 0.3 is 18.1 Å². The van der Waals surface area contributed by atoms with Crippen molar-refractivity contribution < 1.29 is 32.2 Å². The maximum absolute atomic E-state index is 14.1. The molecule has 1 unspecified atom stereocenters. The summed E-state index contributed by atoms with van der Waals surface area (Å²) >= 11 is 1.43. The Balaban J connectivity index is 2.24. The Bertz CT molecular complexity index is 1200. The van der Waals surface area contributed by atoms with E-state index in [1.807, 2.05) is 31.2 Å². The minimum atomic E-state index is -4.70. The number of aryl methyl sites for hydroxylation is 1. The number of alkyl halides is 3. The second-order valence-corrected chi connectivity index (χ2v) is 9.09. The summed E-state index contributed by atoms with van der Waals surface area (Å²) in [7, 11) is 0. The molecule has 2 aromatic carbocycles. The number of halogens is 3. The van der Waals surface area contributed by atoms with Crippen molar-refractivity contribution in [1.29, 1.82) is 0 Å². The molecule has 0 bridgehead atoms. The number of esters is 2. The number of carbonyl (C=O) groups is 2. The predicted octanol–water partition coefficient (Wildman–Crippen LogP) is 6.15. The van der Waals surface area contributed by atoms with Gasteiger partial charge in [0, 0.05) is 22.0 Å². The highest BCUT2D eigenvalue weighted by Gasteiger charge is 2.43. The Morgan fingerprint density at radius 1 is 0.917 bits per heavy atom. The fourth-order valence-corrected chi connectivity index (χ4v) is 5.12. The molecule has 1 aliphatic heterocycles. The zero-order valence-electron chi connectivity index (χ0n) is 20.5. The summed E-state index contributed by atoms with van der Waals surface area (Å²) in [4.78, 5) is 27.3. The molecular formula is C27H28F3NO4S. The van der Waals surface area contributed by atoms with Gasteiger partial charge in [-0.25, -0.2) is 9.59 Å². The molecule has 9 heteroatoms. The van der Waals surface area contributed by atoms with Crippen LogP contribution < -0.4 is 5.32 Å². The quantitative estimate of drug-likeness (QED) is 0.334. The molecule has 0 aliphatic carbocycles. The molecule has 3 rings (SSSR count). The van der Waals surface area contributed by atoms with Gasteiger partial charge in [0.05, 0.1) is 35.8 Å². The molecule has 0 saturated carbocycles. The Morgan fingerprint density at radius 2 is 1.50 bits per heavy atom. The highest BCUT2D eigenvalue weighted by Crippen LogP contribution is 2.45. The van der Waals surface area contributed by atoms with Gasteiger partial charge in [0.25, 0.3) is 0 Å². The molecule has 192 valence electrons. The van der Waals surface area contributed by atoms with Gasteiger partial charge in [-0.3, -0.25) is 0 Å². The van der Waals surface area contributed by atoms with Crippen molar-refractivity contribution in [2.75, 3.05) is 19.0 Å². The van der Waals surface area contributed by atoms with E-state index in [0.717, 1.165) is 16.5 Å². The number of thioether (sulfide) groups is 1. The van der Waals surface area contributed by atoms with Crippen LogP contribution in [-0.2, 0) is 25.2 Å². The van der Waals surface area contributed by atoms with E-state index in [2.05, 4.69) is 5.32 Å². The molecule has 0 aromatic heterocycles. The average Bonchev–Trinajstić information content (AvgIpc) is 2.82. The molecular weight excluding hydrogens is 491 g/mol. The molecule has 0 radical (unpaired) electrons. The zero-order valence-corrected chi connectivity index (χ0v) is 21.3. The second kappa shape index (κ2) is 11.7. The van der Waals surface area contributed by atoms with E-state index in [9.17, 15) is 22.8 Å². The monoisotopic (exact) mass is 519 g/mol. The van der Waals surface area contributed by atoms with Crippen molar-refractivity contribution in [2.24, 2.45) is 0 Å². The third-order valence-electron chi connectivity index (χ3n) is 5.68. The van der Waals surface area contributed by atoms with E-state index >= 15 is 0 Å². The van der Waals surface area contributed by atoms with Crippen molar-refractivity contribution in [2.45, 2.75) is 44.7 Å². The van der Waals surface area contributed by atoms with E-state index in [-0.39, 0.29) is 35.7 Å². The number of dihydropyridines is 1. The maximum Gasteiger partial charge on any atom is 0.416 e. The summed E-state index contributed by atoms with van der Waals surface area (Å²) in [5, 5.41) is 3.10. The number of benzene rings is 2. The number of hydrogen-bond donors (Lipinski definition) is 1. The number of ether oxygens (including phenoxy) is 2. The summed E-state index contributed by atoms with van der Waals surface area (Å²) in [5.74, 6) is -2.66. The van der Waals surface area contributed by atoms with E-state index in [1.165, 1.54) is 30.0 Å². The molecule has 0 saturated heterocycles. The number of rotatable bonds is 8. The van der Waals surface area contributed by atoms with E-state index < -0.39 is 29.6 Å². The Hall–Kier alpha value is -3.20. The van der Waals surface area contributed by atoms with Crippen LogP contribution >= 0.6 is 11.8 Å². The maximum atomic E-state index is 14.1. The minimum Gasteiger partial charge on any atom is -0.463 e. The van der Waals surface area contributed by atoms with Gasteiger partial charge in [0.2, 0.25) is 0 Å². The Morgan fingerprint density at radius 3 is 2.11 bits per heavy atom. The van der Waals surface area contributed by atoms with Crippen LogP contribution in [0, 0.1) is 6.92 Å². The minimum absolute atomic E-state index is 0.0195. The summed E-state index contributed by atoms with van der Waals surface area (Å²) < 4.78 is 52.7. The third-order valence-corrected chi connectivity index (χ3v) is 6.88. The first-order valence-electron chi connectivity index (χ1n) is 11.5. The number of allylic oxidation sites excluding steroid dienone is 1. The van der Waals surface area contributed by atoms with Crippen molar-refractivity contribution in [3.8, 4) is 0 Å². The van der Waals surface area contributed by atoms with Gasteiger partial charge in [-0.1, -0.05) is 36.4 Å². The van der Waals surface area contributed by atoms with Crippen LogP contribution in [0.3, 0.4) is 0 Å². The summed E-state index contributed by atoms with van der Waals surface area (Å²) in [6.45, 7) is 6.81. The van der Waals surface area contributed by atoms with Gasteiger partial charge in [-0.2, -0.15) is 13.2 Å². The first-order valence-corrected chi connectivity index (χ1v) is 12.5. The summed E-state index contributed by atoms with van der Waals surface area (Å²) in [6.07, 6.45) is -4.70. The first-order chi connectivity index (χ1) is 17.1. The number of hydrogen-bond acceptors (Lipinski definition) is 6. The van der Waals surface area contributed by atoms with E-state index in [4.69, 9.17) is 9.47 Å². The van der Waals surface area contributed by atoms with Crippen molar-refractivity contribution in [3.05, 3.63) is 87.8 Å². The predicted molar refractivity (Wildman–Crippen MR) is 132 cm³/mol. The van der Waals surface area contributed by atoms with Crippen molar-refractivity contribution in [3.63, 3.8) is 0 Å². The SMILES string of the molecule is CCOC(=O)C1=C(C)NC(CSc2ccccc2C)=C(C(=O)OCC)C1c1ccccc1C(F)(F)F. The van der Waals surface area contributed by atoms with Crippen LogP contribution in [0.2, 0.25) is 0 Å².